The van der Waals surface area contributed by atoms with Gasteiger partial charge in [-0.2, -0.15) is 9.78 Å². The number of ether oxygens (including phenoxy) is 2. The first-order chi connectivity index (χ1) is 16.2. The van der Waals surface area contributed by atoms with Crippen molar-refractivity contribution in [2.45, 2.75) is 75.3 Å². The zero-order chi connectivity index (χ0) is 23.6. The molecule has 5 saturated carbocycles. The van der Waals surface area contributed by atoms with Crippen molar-refractivity contribution in [1.82, 2.24) is 4.72 Å². The van der Waals surface area contributed by atoms with E-state index in [1.54, 1.807) is 0 Å². The van der Waals surface area contributed by atoms with Crippen LogP contribution in [0.4, 0.5) is 0 Å². The predicted octanol–water partition coefficient (Wildman–Crippen LogP) is 3.63. The molecule has 0 unspecified atom stereocenters. The van der Waals surface area contributed by atoms with Crippen molar-refractivity contribution in [3.8, 4) is 5.75 Å². The Morgan fingerprint density at radius 1 is 1.00 bits per heavy atom. The van der Waals surface area contributed by atoms with Crippen LogP contribution in [-0.4, -0.2) is 38.8 Å². The van der Waals surface area contributed by atoms with Gasteiger partial charge in [-0.15, -0.1) is 0 Å². The highest BCUT2D eigenvalue weighted by Gasteiger charge is 2.66. The molecule has 0 aromatic heterocycles. The molecule has 0 radical (unpaired) electrons. The quantitative estimate of drug-likeness (QED) is 0.628. The maximum Gasteiger partial charge on any atom is 0.271 e. The minimum absolute atomic E-state index is 0.349. The maximum absolute atomic E-state index is 11.6. The summed E-state index contributed by atoms with van der Waals surface area (Å²) in [5.74, 6) is 1.78. The van der Waals surface area contributed by atoms with Crippen LogP contribution in [0.5, 0.6) is 5.75 Å². The first-order valence-corrected chi connectivity index (χ1v) is 14.4. The Morgan fingerprint density at radius 3 is 2.21 bits per heavy atom. The van der Waals surface area contributed by atoms with Gasteiger partial charge >= 0.3 is 0 Å². The van der Waals surface area contributed by atoms with E-state index < -0.39 is 27.5 Å². The average Bonchev–Trinajstić information content (AvgIpc) is 3.15. The van der Waals surface area contributed by atoms with E-state index >= 15 is 0 Å². The highest BCUT2D eigenvalue weighted by atomic mass is 32.2. The summed E-state index contributed by atoms with van der Waals surface area (Å²) >= 11 is 0. The zero-order valence-corrected chi connectivity index (χ0v) is 20.3. The fraction of sp³-hybridized carbons (Fsp3) is 0.720. The van der Waals surface area contributed by atoms with E-state index in [1.165, 1.54) is 37.7 Å². The van der Waals surface area contributed by atoms with Gasteiger partial charge in [0.25, 0.3) is 5.91 Å². The van der Waals surface area contributed by atoms with Crippen LogP contribution in [0.3, 0.4) is 0 Å². The van der Waals surface area contributed by atoms with Crippen LogP contribution in [0.1, 0.15) is 69.3 Å². The van der Waals surface area contributed by atoms with Gasteiger partial charge in [-0.1, -0.05) is 12.1 Å². The van der Waals surface area contributed by atoms with Gasteiger partial charge in [0.15, 0.2) is 6.61 Å². The molecule has 4 bridgehead atoms. The molecule has 5 aliphatic carbocycles. The van der Waals surface area contributed by atoms with E-state index in [-0.39, 0.29) is 6.61 Å². The van der Waals surface area contributed by atoms with E-state index in [0.29, 0.717) is 23.5 Å². The molecular formula is C25H33NO7S. The highest BCUT2D eigenvalue weighted by molar-refractivity contribution is 7.89. The molecule has 6 fully saturated rings. The molecule has 1 saturated heterocycles. The standard InChI is InChI=1S/C25H33NO7S/c1-34(28,29)26-23(27)15-30-22-4-2-18(3-5-22)19-6-8-24(9-7-19)31-25(33-32-24)20-11-16-10-17(13-20)14-21(25)12-16/h2-5,16-17,19-21H,6-15H2,1H3,(H,26,27). The first kappa shape index (κ1) is 22.8. The summed E-state index contributed by atoms with van der Waals surface area (Å²) in [7, 11) is -3.58. The summed E-state index contributed by atoms with van der Waals surface area (Å²) in [6.07, 6.45) is 10.8. The van der Waals surface area contributed by atoms with Crippen molar-refractivity contribution in [3.63, 3.8) is 0 Å². The van der Waals surface area contributed by atoms with Crippen molar-refractivity contribution in [1.29, 1.82) is 0 Å². The van der Waals surface area contributed by atoms with Gasteiger partial charge in [0.1, 0.15) is 5.75 Å². The third-order valence-electron chi connectivity index (χ3n) is 8.71. The molecule has 1 heterocycles. The summed E-state index contributed by atoms with van der Waals surface area (Å²) in [6, 6.07) is 7.67. The van der Waals surface area contributed by atoms with Crippen LogP contribution in [0.15, 0.2) is 24.3 Å². The van der Waals surface area contributed by atoms with Crippen molar-refractivity contribution >= 4 is 15.9 Å². The fourth-order valence-electron chi connectivity index (χ4n) is 7.41. The lowest BCUT2D eigenvalue weighted by atomic mass is 9.53. The summed E-state index contributed by atoms with van der Waals surface area (Å²) in [4.78, 5) is 23.8. The van der Waals surface area contributed by atoms with E-state index in [1.807, 2.05) is 29.0 Å². The fourth-order valence-corrected chi connectivity index (χ4v) is 7.88. The molecule has 6 aliphatic rings. The van der Waals surface area contributed by atoms with Gasteiger partial charge in [-0.05, 0) is 80.4 Å². The summed E-state index contributed by atoms with van der Waals surface area (Å²) in [6.45, 7) is -0.349. The van der Waals surface area contributed by atoms with Gasteiger partial charge < -0.3 is 9.47 Å². The molecule has 1 aliphatic heterocycles. The number of nitrogens with one attached hydrogen (secondary N) is 1. The van der Waals surface area contributed by atoms with Gasteiger partial charge in [0.05, 0.1) is 6.26 Å². The molecule has 9 heteroatoms. The smallest absolute Gasteiger partial charge is 0.271 e. The Bertz CT molecular complexity index is 1020. The van der Waals surface area contributed by atoms with Crippen LogP contribution in [0.25, 0.3) is 0 Å². The third-order valence-corrected chi connectivity index (χ3v) is 9.31. The predicted molar refractivity (Wildman–Crippen MR) is 122 cm³/mol. The third kappa shape index (κ3) is 4.14. The van der Waals surface area contributed by atoms with Crippen LogP contribution in [-0.2, 0) is 29.3 Å². The Morgan fingerprint density at radius 2 is 1.62 bits per heavy atom. The molecule has 34 heavy (non-hydrogen) atoms. The lowest BCUT2D eigenvalue weighted by Crippen LogP contribution is -2.59. The monoisotopic (exact) mass is 491 g/mol. The number of carbonyl (C=O) groups excluding carboxylic acids is 1. The van der Waals surface area contributed by atoms with Crippen LogP contribution >= 0.6 is 0 Å². The van der Waals surface area contributed by atoms with Gasteiger partial charge in [0, 0.05) is 24.7 Å². The number of hydrogen-bond donors (Lipinski definition) is 1. The molecule has 0 atom stereocenters. The second-order valence-corrected chi connectivity index (χ2v) is 12.9. The second-order valence-electron chi connectivity index (χ2n) is 11.1. The molecule has 2 spiro atoms. The number of rotatable bonds is 5. The largest absolute Gasteiger partial charge is 0.484 e. The van der Waals surface area contributed by atoms with E-state index in [0.717, 1.165) is 43.8 Å². The van der Waals surface area contributed by atoms with Crippen LogP contribution in [0, 0.1) is 23.7 Å². The van der Waals surface area contributed by atoms with Crippen LogP contribution < -0.4 is 9.46 Å². The van der Waals surface area contributed by atoms with Crippen molar-refractivity contribution in [2.24, 2.45) is 23.7 Å². The SMILES string of the molecule is CS(=O)(=O)NC(=O)COc1ccc(C2CCC3(CC2)OOC2(O3)C3CC4CC(C3)CC2C4)cc1. The number of hydrogen-bond acceptors (Lipinski definition) is 7. The van der Waals surface area contributed by atoms with Crippen LogP contribution in [0.2, 0.25) is 0 Å². The lowest BCUT2D eigenvalue weighted by molar-refractivity contribution is -0.390. The number of amides is 1. The summed E-state index contributed by atoms with van der Waals surface area (Å²) in [5, 5.41) is 0. The molecule has 1 aromatic carbocycles. The van der Waals surface area contributed by atoms with Gasteiger partial charge in [-0.3, -0.25) is 9.52 Å². The molecule has 1 N–H and O–H groups in total. The van der Waals surface area contributed by atoms with E-state index in [4.69, 9.17) is 19.2 Å². The molecular weight excluding hydrogens is 458 g/mol. The summed E-state index contributed by atoms with van der Waals surface area (Å²) in [5.41, 5.74) is 1.21. The molecule has 1 aromatic rings. The minimum atomic E-state index is -3.58. The number of sulfonamides is 1. The number of carbonyl (C=O) groups is 1. The Balaban J connectivity index is 1.04. The molecule has 186 valence electrons. The topological polar surface area (TPSA) is 100 Å². The van der Waals surface area contributed by atoms with E-state index in [9.17, 15) is 13.2 Å². The van der Waals surface area contributed by atoms with Crippen molar-refractivity contribution < 1.29 is 32.5 Å². The maximum atomic E-state index is 11.6. The minimum Gasteiger partial charge on any atom is -0.484 e. The van der Waals surface area contributed by atoms with Gasteiger partial charge in [-0.25, -0.2) is 8.42 Å². The van der Waals surface area contributed by atoms with Gasteiger partial charge in [0.2, 0.25) is 21.6 Å². The molecule has 7 rings (SSSR count). The Kier molecular flexibility index (Phi) is 5.48. The lowest BCUT2D eigenvalue weighted by Gasteiger charge is -2.57. The Labute approximate surface area is 200 Å². The van der Waals surface area contributed by atoms with Crippen molar-refractivity contribution in [3.05, 3.63) is 29.8 Å². The first-order valence-electron chi connectivity index (χ1n) is 12.5. The highest BCUT2D eigenvalue weighted by Crippen LogP contribution is 2.64. The zero-order valence-electron chi connectivity index (χ0n) is 19.5. The van der Waals surface area contributed by atoms with E-state index in [2.05, 4.69) is 0 Å². The summed E-state index contributed by atoms with van der Waals surface area (Å²) < 4.78 is 36.3. The molecule has 1 amide bonds. The average molecular weight is 492 g/mol. The van der Waals surface area contributed by atoms with Crippen molar-refractivity contribution in [2.75, 3.05) is 12.9 Å². The second kappa shape index (κ2) is 8.18. The molecule has 8 nitrogen and oxygen atoms in total. The number of benzene rings is 1. The Hall–Kier alpha value is -1.68. The normalized spacial score (nSPS) is 40.7.